The molecule has 2 amide bonds. The van der Waals surface area contributed by atoms with Gasteiger partial charge in [-0.3, -0.25) is 19.8 Å². The molecule has 1 N–H and O–H groups in total. The minimum absolute atomic E-state index is 0.0300. The molecule has 3 heterocycles. The van der Waals surface area contributed by atoms with E-state index in [1.54, 1.807) is 12.2 Å². The summed E-state index contributed by atoms with van der Waals surface area (Å²) in [5.41, 5.74) is 6.99. The van der Waals surface area contributed by atoms with Crippen LogP contribution in [0.3, 0.4) is 0 Å². The highest BCUT2D eigenvalue weighted by Gasteiger charge is 2.33. The summed E-state index contributed by atoms with van der Waals surface area (Å²) < 4.78 is 2.03. The zero-order valence-electron chi connectivity index (χ0n) is 19.2. The fourth-order valence-electron chi connectivity index (χ4n) is 4.39. The van der Waals surface area contributed by atoms with Crippen LogP contribution in [-0.4, -0.2) is 32.8 Å². The van der Waals surface area contributed by atoms with Crippen LogP contribution in [0.15, 0.2) is 97.2 Å². The lowest BCUT2D eigenvalue weighted by molar-refractivity contribution is -0.128. The van der Waals surface area contributed by atoms with Crippen molar-refractivity contribution < 1.29 is 9.59 Å². The Hall–Kier alpha value is -4.29. The largest absolute Gasteiger partial charge is 0.316 e. The fourth-order valence-corrected chi connectivity index (χ4v) is 4.64. The number of aryl methyl sites for hydroxylation is 1. The zero-order valence-corrected chi connectivity index (χ0v) is 20.0. The minimum atomic E-state index is -0.507. The summed E-state index contributed by atoms with van der Waals surface area (Å²) in [6.07, 6.45) is 5.29. The summed E-state index contributed by atoms with van der Waals surface area (Å²) in [6.45, 7) is 5.97. The molecule has 0 bridgehead atoms. The predicted octanol–water partition coefficient (Wildman–Crippen LogP) is 5.39. The van der Waals surface area contributed by atoms with Crippen molar-refractivity contribution in [1.82, 2.24) is 14.6 Å². The van der Waals surface area contributed by atoms with Gasteiger partial charge in [-0.25, -0.2) is 0 Å². The Kier molecular flexibility index (Phi) is 5.89. The van der Waals surface area contributed by atoms with Gasteiger partial charge in [0.15, 0.2) is 5.11 Å². The fraction of sp³-hybridized carbons (Fsp3) is 0.0690. The normalized spacial score (nSPS) is 15.1. The standard InChI is InChI=1S/C29H23N3O2S/c1-3-14-31-28(34)25(27(33)30-29(31)35)17-26-24(21-12-8-5-9-13-21)16-22-15-23(19(2)18-32(22)26)20-10-6-4-7-11-20/h3-13,15-18H,1,14H2,2H3,(H,30,33,35)/b25-17-. The molecule has 6 heteroatoms. The molecule has 0 saturated carbocycles. The predicted molar refractivity (Wildman–Crippen MR) is 144 cm³/mol. The highest BCUT2D eigenvalue weighted by molar-refractivity contribution is 7.80. The molecule has 172 valence electrons. The molecule has 2 aromatic heterocycles. The van der Waals surface area contributed by atoms with Crippen molar-refractivity contribution >= 4 is 40.7 Å². The van der Waals surface area contributed by atoms with Crippen molar-refractivity contribution in [1.29, 1.82) is 0 Å². The number of benzene rings is 2. The topological polar surface area (TPSA) is 53.8 Å². The molecule has 0 aliphatic carbocycles. The second-order valence-corrected chi connectivity index (χ2v) is 8.75. The molecule has 1 saturated heterocycles. The average Bonchev–Trinajstić information content (AvgIpc) is 3.22. The smallest absolute Gasteiger partial charge is 0.266 e. The number of fused-ring (bicyclic) bond motifs is 1. The summed E-state index contributed by atoms with van der Waals surface area (Å²) in [6, 6.07) is 24.4. The van der Waals surface area contributed by atoms with Crippen LogP contribution in [0.1, 0.15) is 11.3 Å². The molecule has 0 spiro atoms. The molecule has 0 atom stereocenters. The number of carbonyl (C=O) groups is 2. The van der Waals surface area contributed by atoms with Gasteiger partial charge in [0.2, 0.25) is 0 Å². The molecule has 0 unspecified atom stereocenters. The number of amides is 2. The van der Waals surface area contributed by atoms with E-state index in [2.05, 4.69) is 43.1 Å². The number of pyridine rings is 1. The van der Waals surface area contributed by atoms with E-state index >= 15 is 0 Å². The first-order valence-electron chi connectivity index (χ1n) is 11.2. The number of aromatic nitrogens is 1. The van der Waals surface area contributed by atoms with E-state index in [1.807, 2.05) is 59.1 Å². The molecular formula is C29H23N3O2S. The Morgan fingerprint density at radius 2 is 1.54 bits per heavy atom. The lowest BCUT2D eigenvalue weighted by atomic mass is 10.0. The first kappa shape index (κ1) is 22.5. The van der Waals surface area contributed by atoms with Crippen LogP contribution in [0.5, 0.6) is 0 Å². The number of hydrogen-bond acceptors (Lipinski definition) is 3. The van der Waals surface area contributed by atoms with Crippen molar-refractivity contribution in [2.45, 2.75) is 6.92 Å². The summed E-state index contributed by atoms with van der Waals surface area (Å²) in [7, 11) is 0. The van der Waals surface area contributed by atoms with Crippen LogP contribution in [-0.2, 0) is 9.59 Å². The molecular weight excluding hydrogens is 454 g/mol. The third kappa shape index (κ3) is 4.09. The summed E-state index contributed by atoms with van der Waals surface area (Å²) >= 11 is 5.20. The second kappa shape index (κ2) is 9.16. The van der Waals surface area contributed by atoms with Gasteiger partial charge in [-0.2, -0.15) is 0 Å². The Bertz CT molecular complexity index is 1520. The number of carbonyl (C=O) groups excluding carboxylic acids is 2. The van der Waals surface area contributed by atoms with Gasteiger partial charge in [0.05, 0.1) is 5.69 Å². The van der Waals surface area contributed by atoms with Crippen molar-refractivity contribution in [3.05, 3.63) is 108 Å². The van der Waals surface area contributed by atoms with E-state index in [0.717, 1.165) is 39.0 Å². The number of hydrogen-bond donors (Lipinski definition) is 1. The number of thiocarbonyl (C=S) groups is 1. The molecule has 5 rings (SSSR count). The molecule has 35 heavy (non-hydrogen) atoms. The lowest BCUT2D eigenvalue weighted by Gasteiger charge is -2.27. The summed E-state index contributed by atoms with van der Waals surface area (Å²) in [4.78, 5) is 27.4. The molecule has 1 aliphatic rings. The van der Waals surface area contributed by atoms with Crippen LogP contribution in [0.25, 0.3) is 33.8 Å². The monoisotopic (exact) mass is 477 g/mol. The zero-order chi connectivity index (χ0) is 24.5. The Balaban J connectivity index is 1.74. The van der Waals surface area contributed by atoms with Gasteiger partial charge in [-0.15, -0.1) is 6.58 Å². The number of nitrogens with one attached hydrogen (secondary N) is 1. The average molecular weight is 478 g/mol. The molecule has 1 aliphatic heterocycles. The number of nitrogens with zero attached hydrogens (tertiary/aromatic N) is 2. The van der Waals surface area contributed by atoms with E-state index in [4.69, 9.17) is 12.2 Å². The second-order valence-electron chi connectivity index (χ2n) is 8.36. The Morgan fingerprint density at radius 3 is 2.17 bits per heavy atom. The van der Waals surface area contributed by atoms with Crippen molar-refractivity contribution in [2.75, 3.05) is 6.54 Å². The first-order chi connectivity index (χ1) is 17.0. The van der Waals surface area contributed by atoms with E-state index in [1.165, 1.54) is 4.90 Å². The summed E-state index contributed by atoms with van der Waals surface area (Å²) in [5, 5.41) is 2.72. The quantitative estimate of drug-likeness (QED) is 0.181. The van der Waals surface area contributed by atoms with Gasteiger partial charge in [0.25, 0.3) is 11.8 Å². The van der Waals surface area contributed by atoms with Gasteiger partial charge in [0, 0.05) is 23.8 Å². The maximum absolute atomic E-state index is 13.2. The Morgan fingerprint density at radius 1 is 0.943 bits per heavy atom. The van der Waals surface area contributed by atoms with Gasteiger partial charge in [0.1, 0.15) is 5.57 Å². The van der Waals surface area contributed by atoms with Crippen LogP contribution < -0.4 is 5.32 Å². The van der Waals surface area contributed by atoms with Crippen LogP contribution in [0, 0.1) is 6.92 Å². The number of rotatable bonds is 5. The molecule has 1 fully saturated rings. The van der Waals surface area contributed by atoms with Crippen molar-refractivity contribution in [3.63, 3.8) is 0 Å². The maximum atomic E-state index is 13.2. The third-order valence-corrected chi connectivity index (χ3v) is 6.42. The summed E-state index contributed by atoms with van der Waals surface area (Å²) in [5.74, 6) is -0.947. The highest BCUT2D eigenvalue weighted by atomic mass is 32.1. The van der Waals surface area contributed by atoms with E-state index < -0.39 is 11.8 Å². The van der Waals surface area contributed by atoms with Crippen molar-refractivity contribution in [2.24, 2.45) is 0 Å². The molecule has 2 aromatic carbocycles. The van der Waals surface area contributed by atoms with Gasteiger partial charge < -0.3 is 4.40 Å². The van der Waals surface area contributed by atoms with Crippen molar-refractivity contribution in [3.8, 4) is 22.3 Å². The minimum Gasteiger partial charge on any atom is -0.316 e. The first-order valence-corrected chi connectivity index (χ1v) is 11.6. The molecule has 0 radical (unpaired) electrons. The van der Waals surface area contributed by atoms with Crippen LogP contribution >= 0.6 is 12.2 Å². The van der Waals surface area contributed by atoms with E-state index in [0.29, 0.717) is 0 Å². The SMILES string of the molecule is C=CCN1C(=O)/C(=C\c2c(-c3ccccc3)cc3cc(-c4ccccc4)c(C)cn23)C(=O)NC1=S. The molecule has 5 nitrogen and oxygen atoms in total. The van der Waals surface area contributed by atoms with E-state index in [-0.39, 0.29) is 17.2 Å². The maximum Gasteiger partial charge on any atom is 0.266 e. The lowest BCUT2D eigenvalue weighted by Crippen LogP contribution is -2.53. The van der Waals surface area contributed by atoms with E-state index in [9.17, 15) is 9.59 Å². The highest BCUT2D eigenvalue weighted by Crippen LogP contribution is 2.33. The van der Waals surface area contributed by atoms with Gasteiger partial charge >= 0.3 is 0 Å². The Labute approximate surface area is 209 Å². The van der Waals surface area contributed by atoms with Crippen LogP contribution in [0.4, 0.5) is 0 Å². The van der Waals surface area contributed by atoms with Gasteiger partial charge in [-0.05, 0) is 59.6 Å². The van der Waals surface area contributed by atoms with Gasteiger partial charge in [-0.1, -0.05) is 66.7 Å². The van der Waals surface area contributed by atoms with Crippen LogP contribution in [0.2, 0.25) is 0 Å². The molecule has 4 aromatic rings. The third-order valence-electron chi connectivity index (χ3n) is 6.09.